The second kappa shape index (κ2) is 5.37. The molecule has 0 radical (unpaired) electrons. The predicted molar refractivity (Wildman–Crippen MR) is 74.1 cm³/mol. The molecule has 0 saturated carbocycles. The number of benzene rings is 1. The van der Waals surface area contributed by atoms with Gasteiger partial charge in [0.1, 0.15) is 4.47 Å². The molecule has 0 spiro atoms. The highest BCUT2D eigenvalue weighted by Gasteiger charge is 2.00. The van der Waals surface area contributed by atoms with E-state index in [1.807, 2.05) is 30.5 Å². The lowest BCUT2D eigenvalue weighted by atomic mass is 10.3. The van der Waals surface area contributed by atoms with Gasteiger partial charge < -0.3 is 5.32 Å². The molecule has 0 atom stereocenters. The van der Waals surface area contributed by atoms with Crippen molar-refractivity contribution in [3.05, 3.63) is 45.3 Å². The largest absolute Gasteiger partial charge is 0.326 e. The molecule has 0 bridgehead atoms. The third-order valence-electron chi connectivity index (χ3n) is 2.11. The average molecular weight is 312 g/mol. The summed E-state index contributed by atoms with van der Waals surface area (Å²) in [5.41, 5.74) is 0.677. The third-order valence-corrected chi connectivity index (χ3v) is 3.42. The van der Waals surface area contributed by atoms with Gasteiger partial charge in [-0.3, -0.25) is 9.78 Å². The SMILES string of the molecule is CSc1ccc(Nc2ncc(Br)c(=O)[nH]2)cc1. The summed E-state index contributed by atoms with van der Waals surface area (Å²) in [6.45, 7) is 0. The maximum absolute atomic E-state index is 11.3. The molecule has 1 aromatic heterocycles. The molecule has 6 heteroatoms. The number of aromatic amines is 1. The van der Waals surface area contributed by atoms with Gasteiger partial charge in [0.2, 0.25) is 5.95 Å². The van der Waals surface area contributed by atoms with E-state index in [4.69, 9.17) is 0 Å². The first-order valence-corrected chi connectivity index (χ1v) is 6.87. The monoisotopic (exact) mass is 311 g/mol. The van der Waals surface area contributed by atoms with Crippen LogP contribution in [0.4, 0.5) is 11.6 Å². The first kappa shape index (κ1) is 12.2. The van der Waals surface area contributed by atoms with Crippen LogP contribution in [0.5, 0.6) is 0 Å². The summed E-state index contributed by atoms with van der Waals surface area (Å²) in [7, 11) is 0. The summed E-state index contributed by atoms with van der Waals surface area (Å²) < 4.78 is 0.417. The number of H-pyrrole nitrogens is 1. The number of rotatable bonds is 3. The summed E-state index contributed by atoms with van der Waals surface area (Å²) >= 11 is 4.78. The number of aromatic nitrogens is 2. The number of anilines is 2. The predicted octanol–water partition coefficient (Wildman–Crippen LogP) is 3.00. The van der Waals surface area contributed by atoms with Gasteiger partial charge in [-0.05, 0) is 46.5 Å². The van der Waals surface area contributed by atoms with Gasteiger partial charge in [0, 0.05) is 10.6 Å². The van der Waals surface area contributed by atoms with E-state index in [2.05, 4.69) is 31.2 Å². The van der Waals surface area contributed by atoms with E-state index < -0.39 is 0 Å². The van der Waals surface area contributed by atoms with Gasteiger partial charge in [0.25, 0.3) is 5.56 Å². The Morgan fingerprint density at radius 2 is 2.06 bits per heavy atom. The maximum Gasteiger partial charge on any atom is 0.266 e. The highest BCUT2D eigenvalue weighted by Crippen LogP contribution is 2.19. The minimum atomic E-state index is -0.205. The molecule has 2 aromatic rings. The number of nitrogens with zero attached hydrogens (tertiary/aromatic N) is 1. The molecule has 2 rings (SSSR count). The molecule has 2 N–H and O–H groups in total. The van der Waals surface area contributed by atoms with E-state index in [0.29, 0.717) is 10.4 Å². The smallest absolute Gasteiger partial charge is 0.266 e. The van der Waals surface area contributed by atoms with Crippen molar-refractivity contribution in [1.29, 1.82) is 0 Å². The number of hydrogen-bond acceptors (Lipinski definition) is 4. The molecule has 0 amide bonds. The minimum Gasteiger partial charge on any atom is -0.326 e. The van der Waals surface area contributed by atoms with Crippen molar-refractivity contribution in [3.8, 4) is 0 Å². The molecule has 0 fully saturated rings. The van der Waals surface area contributed by atoms with Crippen LogP contribution in [-0.2, 0) is 0 Å². The molecule has 0 aliphatic heterocycles. The lowest BCUT2D eigenvalue weighted by Crippen LogP contribution is -2.10. The Morgan fingerprint density at radius 1 is 1.35 bits per heavy atom. The third kappa shape index (κ3) is 3.10. The van der Waals surface area contributed by atoms with Gasteiger partial charge >= 0.3 is 0 Å². The van der Waals surface area contributed by atoms with Crippen LogP contribution in [0.2, 0.25) is 0 Å². The Morgan fingerprint density at radius 3 is 2.65 bits per heavy atom. The lowest BCUT2D eigenvalue weighted by molar-refractivity contribution is 1.10. The van der Waals surface area contributed by atoms with Crippen molar-refractivity contribution in [1.82, 2.24) is 9.97 Å². The molecular formula is C11H10BrN3OS. The topological polar surface area (TPSA) is 57.8 Å². The van der Waals surface area contributed by atoms with E-state index in [1.165, 1.54) is 11.1 Å². The molecule has 1 aromatic carbocycles. The van der Waals surface area contributed by atoms with Gasteiger partial charge in [-0.15, -0.1) is 11.8 Å². The Kier molecular flexibility index (Phi) is 3.86. The van der Waals surface area contributed by atoms with Crippen LogP contribution >= 0.6 is 27.7 Å². The highest BCUT2D eigenvalue weighted by molar-refractivity contribution is 9.10. The highest BCUT2D eigenvalue weighted by atomic mass is 79.9. The summed E-state index contributed by atoms with van der Waals surface area (Å²) in [4.78, 5) is 19.2. The van der Waals surface area contributed by atoms with Crippen LogP contribution in [0.1, 0.15) is 0 Å². The maximum atomic E-state index is 11.3. The molecule has 0 unspecified atom stereocenters. The zero-order valence-corrected chi connectivity index (χ0v) is 11.4. The number of hydrogen-bond donors (Lipinski definition) is 2. The molecule has 88 valence electrons. The number of nitrogens with one attached hydrogen (secondary N) is 2. The Hall–Kier alpha value is -1.27. The van der Waals surface area contributed by atoms with Crippen molar-refractivity contribution >= 4 is 39.3 Å². The molecular weight excluding hydrogens is 302 g/mol. The second-order valence-corrected chi connectivity index (χ2v) is 5.00. The van der Waals surface area contributed by atoms with Gasteiger partial charge in [-0.2, -0.15) is 0 Å². The fourth-order valence-electron chi connectivity index (χ4n) is 1.25. The van der Waals surface area contributed by atoms with Crippen LogP contribution in [0.3, 0.4) is 0 Å². The average Bonchev–Trinajstić information content (AvgIpc) is 2.35. The van der Waals surface area contributed by atoms with Crippen molar-refractivity contribution < 1.29 is 0 Å². The zero-order valence-electron chi connectivity index (χ0n) is 9.03. The van der Waals surface area contributed by atoms with Gasteiger partial charge in [-0.25, -0.2) is 4.98 Å². The second-order valence-electron chi connectivity index (χ2n) is 3.26. The van der Waals surface area contributed by atoms with Gasteiger partial charge in [-0.1, -0.05) is 0 Å². The first-order chi connectivity index (χ1) is 8.19. The van der Waals surface area contributed by atoms with E-state index in [9.17, 15) is 4.79 Å². The minimum absolute atomic E-state index is 0.205. The van der Waals surface area contributed by atoms with E-state index in [0.717, 1.165) is 5.69 Å². The summed E-state index contributed by atoms with van der Waals surface area (Å²) in [5.74, 6) is 0.426. The molecule has 0 saturated heterocycles. The van der Waals surface area contributed by atoms with Crippen molar-refractivity contribution in [2.24, 2.45) is 0 Å². The van der Waals surface area contributed by atoms with E-state index in [-0.39, 0.29) is 5.56 Å². The lowest BCUT2D eigenvalue weighted by Gasteiger charge is -2.05. The Balaban J connectivity index is 2.19. The Labute approximate surface area is 111 Å². The van der Waals surface area contributed by atoms with Crippen LogP contribution in [0.25, 0.3) is 0 Å². The summed E-state index contributed by atoms with van der Waals surface area (Å²) in [5, 5.41) is 3.03. The van der Waals surface area contributed by atoms with Crippen LogP contribution in [0, 0.1) is 0 Å². The standard InChI is InChI=1S/C11H10BrN3OS/c1-17-8-4-2-7(3-5-8)14-11-13-6-9(12)10(16)15-11/h2-6H,1H3,(H2,13,14,15,16). The summed E-state index contributed by atoms with van der Waals surface area (Å²) in [6.07, 6.45) is 3.49. The van der Waals surface area contributed by atoms with Gasteiger partial charge in [0.05, 0.1) is 6.20 Å². The quantitative estimate of drug-likeness (QED) is 0.856. The molecule has 0 aliphatic carbocycles. The van der Waals surface area contributed by atoms with Crippen molar-refractivity contribution in [2.45, 2.75) is 4.90 Å². The van der Waals surface area contributed by atoms with E-state index >= 15 is 0 Å². The molecule has 4 nitrogen and oxygen atoms in total. The fraction of sp³-hybridized carbons (Fsp3) is 0.0909. The zero-order chi connectivity index (χ0) is 12.3. The number of halogens is 1. The molecule has 0 aliphatic rings. The van der Waals surface area contributed by atoms with Crippen LogP contribution < -0.4 is 10.9 Å². The van der Waals surface area contributed by atoms with Crippen molar-refractivity contribution in [2.75, 3.05) is 11.6 Å². The van der Waals surface area contributed by atoms with Crippen LogP contribution in [0.15, 0.2) is 44.6 Å². The normalized spacial score (nSPS) is 10.2. The van der Waals surface area contributed by atoms with Crippen molar-refractivity contribution in [3.63, 3.8) is 0 Å². The Bertz CT molecular complexity index is 568. The number of thioether (sulfide) groups is 1. The fourth-order valence-corrected chi connectivity index (χ4v) is 1.86. The molecule has 1 heterocycles. The molecule has 17 heavy (non-hydrogen) atoms. The van der Waals surface area contributed by atoms with Crippen LogP contribution in [-0.4, -0.2) is 16.2 Å². The van der Waals surface area contributed by atoms with E-state index in [1.54, 1.807) is 11.8 Å². The first-order valence-electron chi connectivity index (χ1n) is 4.85. The summed E-state index contributed by atoms with van der Waals surface area (Å²) in [6, 6.07) is 7.88. The van der Waals surface area contributed by atoms with Gasteiger partial charge in [0.15, 0.2) is 0 Å².